The SMILES string of the molecule is CC/C=C/C=C/C=C/CCCCCCCCCC(=O)OCC(COCCC(C(=O)O)[N+](C)(C)C)OC(=O)CCCCCCCCCCCCC. The lowest BCUT2D eigenvalue weighted by atomic mass is 10.1. The Hall–Kier alpha value is -2.45. The van der Waals surface area contributed by atoms with Crippen LogP contribution in [0.4, 0.5) is 0 Å². The second-order valence-electron chi connectivity index (χ2n) is 14.6. The zero-order valence-electron chi connectivity index (χ0n) is 32.8. The molecule has 50 heavy (non-hydrogen) atoms. The molecular formula is C42H76NO7+. The van der Waals surface area contributed by atoms with Crippen LogP contribution in [0, 0.1) is 0 Å². The zero-order chi connectivity index (χ0) is 37.1. The molecule has 0 radical (unpaired) electrons. The van der Waals surface area contributed by atoms with Gasteiger partial charge in [0, 0.05) is 19.3 Å². The van der Waals surface area contributed by atoms with E-state index < -0.39 is 18.1 Å². The zero-order valence-corrected chi connectivity index (χ0v) is 32.8. The number of rotatable bonds is 35. The van der Waals surface area contributed by atoms with E-state index in [-0.39, 0.29) is 36.2 Å². The molecule has 0 rings (SSSR count). The van der Waals surface area contributed by atoms with Crippen LogP contribution in [0.25, 0.3) is 0 Å². The number of esters is 2. The van der Waals surface area contributed by atoms with Gasteiger partial charge in [-0.15, -0.1) is 0 Å². The van der Waals surface area contributed by atoms with Crippen molar-refractivity contribution in [2.45, 2.75) is 174 Å². The van der Waals surface area contributed by atoms with Crippen molar-refractivity contribution in [3.05, 3.63) is 36.5 Å². The first-order valence-electron chi connectivity index (χ1n) is 20.1. The summed E-state index contributed by atoms with van der Waals surface area (Å²) in [4.78, 5) is 36.8. The fraction of sp³-hybridized carbons (Fsp3) is 0.786. The molecule has 290 valence electrons. The van der Waals surface area contributed by atoms with E-state index in [1.807, 2.05) is 21.1 Å². The van der Waals surface area contributed by atoms with Crippen LogP contribution >= 0.6 is 0 Å². The Bertz CT molecular complexity index is 922. The molecule has 0 aromatic heterocycles. The third kappa shape index (κ3) is 31.5. The van der Waals surface area contributed by atoms with Crippen LogP contribution in [-0.4, -0.2) is 80.6 Å². The first-order chi connectivity index (χ1) is 24.1. The molecule has 0 aliphatic carbocycles. The number of likely N-dealkylation sites (N-methyl/N-ethyl adjacent to an activating group) is 1. The maximum Gasteiger partial charge on any atom is 0.362 e. The number of carbonyl (C=O) groups excluding carboxylic acids is 2. The van der Waals surface area contributed by atoms with Crippen LogP contribution in [0.3, 0.4) is 0 Å². The van der Waals surface area contributed by atoms with Crippen molar-refractivity contribution in [3.63, 3.8) is 0 Å². The van der Waals surface area contributed by atoms with Crippen molar-refractivity contribution < 1.29 is 38.2 Å². The van der Waals surface area contributed by atoms with Gasteiger partial charge in [-0.1, -0.05) is 147 Å². The molecule has 8 heteroatoms. The highest BCUT2D eigenvalue weighted by Gasteiger charge is 2.31. The molecule has 0 aliphatic heterocycles. The summed E-state index contributed by atoms with van der Waals surface area (Å²) in [5.41, 5.74) is 0. The van der Waals surface area contributed by atoms with Crippen LogP contribution in [0.1, 0.15) is 162 Å². The number of hydrogen-bond acceptors (Lipinski definition) is 6. The van der Waals surface area contributed by atoms with Crippen LogP contribution in [0.15, 0.2) is 36.5 Å². The Morgan fingerprint density at radius 3 is 1.64 bits per heavy atom. The predicted octanol–water partition coefficient (Wildman–Crippen LogP) is 10.3. The summed E-state index contributed by atoms with van der Waals surface area (Å²) in [5.74, 6) is -1.48. The van der Waals surface area contributed by atoms with Gasteiger partial charge in [-0.3, -0.25) is 9.59 Å². The van der Waals surface area contributed by atoms with Crippen molar-refractivity contribution in [2.75, 3.05) is 41.0 Å². The average Bonchev–Trinajstić information content (AvgIpc) is 3.06. The molecule has 2 unspecified atom stereocenters. The molecular weight excluding hydrogens is 630 g/mol. The standard InChI is InChI=1S/C42H75NO7/c1-6-8-10-12-14-16-18-19-20-21-23-24-26-28-30-32-40(44)49-37-38(36-48-35-34-39(42(46)47)43(3,4)5)50-41(45)33-31-29-27-25-22-17-15-13-11-9-7-2/h8,10,12,14,16,18,38-39H,6-7,9,11,13,15,17,19-37H2,1-5H3/p+1/b10-8+,14-12+,18-16+. The lowest BCUT2D eigenvalue weighted by Gasteiger charge is -2.31. The summed E-state index contributed by atoms with van der Waals surface area (Å²) in [7, 11) is 5.51. The van der Waals surface area contributed by atoms with E-state index in [9.17, 15) is 19.5 Å². The molecule has 8 nitrogen and oxygen atoms in total. The van der Waals surface area contributed by atoms with E-state index in [0.717, 1.165) is 51.4 Å². The molecule has 0 saturated heterocycles. The number of nitrogens with zero attached hydrogens (tertiary/aromatic N) is 1. The van der Waals surface area contributed by atoms with Gasteiger partial charge in [0.2, 0.25) is 0 Å². The fourth-order valence-electron chi connectivity index (χ4n) is 5.74. The van der Waals surface area contributed by atoms with Gasteiger partial charge in [0.05, 0.1) is 34.4 Å². The Balaban J connectivity index is 4.39. The minimum Gasteiger partial charge on any atom is -0.477 e. The second-order valence-corrected chi connectivity index (χ2v) is 14.6. The number of allylic oxidation sites excluding steroid dienone is 6. The van der Waals surface area contributed by atoms with Gasteiger partial charge in [-0.2, -0.15) is 0 Å². The number of ether oxygens (including phenoxy) is 3. The molecule has 1 N–H and O–H groups in total. The summed E-state index contributed by atoms with van der Waals surface area (Å²) in [5, 5.41) is 9.59. The van der Waals surface area contributed by atoms with Gasteiger partial charge >= 0.3 is 17.9 Å². The molecule has 0 bridgehead atoms. The Morgan fingerprint density at radius 1 is 0.620 bits per heavy atom. The van der Waals surface area contributed by atoms with E-state index in [2.05, 4.69) is 50.3 Å². The highest BCUT2D eigenvalue weighted by Crippen LogP contribution is 2.14. The van der Waals surface area contributed by atoms with Crippen LogP contribution in [0.5, 0.6) is 0 Å². The van der Waals surface area contributed by atoms with E-state index in [1.54, 1.807) is 0 Å². The van der Waals surface area contributed by atoms with Crippen molar-refractivity contribution in [3.8, 4) is 0 Å². The molecule has 2 atom stereocenters. The van der Waals surface area contributed by atoms with Gasteiger partial charge in [-0.25, -0.2) is 4.79 Å². The molecule has 0 aromatic carbocycles. The number of carbonyl (C=O) groups is 3. The number of quaternary nitrogens is 1. The molecule has 0 amide bonds. The third-order valence-electron chi connectivity index (χ3n) is 8.87. The Morgan fingerprint density at radius 2 is 1.12 bits per heavy atom. The fourth-order valence-corrected chi connectivity index (χ4v) is 5.74. The third-order valence-corrected chi connectivity index (χ3v) is 8.87. The van der Waals surface area contributed by atoms with E-state index in [0.29, 0.717) is 19.3 Å². The van der Waals surface area contributed by atoms with Crippen LogP contribution < -0.4 is 0 Å². The van der Waals surface area contributed by atoms with Crippen LogP contribution in [-0.2, 0) is 28.6 Å². The molecule has 0 aliphatic rings. The minimum absolute atomic E-state index is 0.0554. The first kappa shape index (κ1) is 47.5. The maximum absolute atomic E-state index is 12.6. The number of hydrogen-bond donors (Lipinski definition) is 1. The summed E-state index contributed by atoms with van der Waals surface area (Å²) in [6, 6.07) is -0.613. The summed E-state index contributed by atoms with van der Waals surface area (Å²) in [6.07, 6.45) is 36.1. The summed E-state index contributed by atoms with van der Waals surface area (Å²) < 4.78 is 17.2. The lowest BCUT2D eigenvalue weighted by Crippen LogP contribution is -2.50. The second kappa shape index (κ2) is 33.7. The quantitative estimate of drug-likeness (QED) is 0.0303. The monoisotopic (exact) mass is 707 g/mol. The first-order valence-corrected chi connectivity index (χ1v) is 20.1. The normalized spacial score (nSPS) is 13.4. The molecule has 0 spiro atoms. The van der Waals surface area contributed by atoms with Crippen molar-refractivity contribution in [1.82, 2.24) is 0 Å². The summed E-state index contributed by atoms with van der Waals surface area (Å²) >= 11 is 0. The van der Waals surface area contributed by atoms with Gasteiger partial charge in [0.15, 0.2) is 12.1 Å². The highest BCUT2D eigenvalue weighted by molar-refractivity contribution is 5.72. The lowest BCUT2D eigenvalue weighted by molar-refractivity contribution is -0.887. The van der Waals surface area contributed by atoms with Gasteiger partial charge < -0.3 is 23.8 Å². The van der Waals surface area contributed by atoms with Crippen molar-refractivity contribution in [1.29, 1.82) is 0 Å². The Kier molecular flexibility index (Phi) is 32.0. The summed E-state index contributed by atoms with van der Waals surface area (Å²) in [6.45, 7) is 4.58. The van der Waals surface area contributed by atoms with Gasteiger partial charge in [0.1, 0.15) is 6.61 Å². The van der Waals surface area contributed by atoms with E-state index in [1.165, 1.54) is 77.0 Å². The van der Waals surface area contributed by atoms with Gasteiger partial charge in [0.25, 0.3) is 0 Å². The largest absolute Gasteiger partial charge is 0.477 e. The number of carboxylic acids is 1. The van der Waals surface area contributed by atoms with Gasteiger partial charge in [-0.05, 0) is 32.1 Å². The number of unbranched alkanes of at least 4 members (excludes halogenated alkanes) is 17. The van der Waals surface area contributed by atoms with E-state index in [4.69, 9.17) is 14.2 Å². The highest BCUT2D eigenvalue weighted by atomic mass is 16.6. The minimum atomic E-state index is -0.878. The Labute approximate surface area is 306 Å². The van der Waals surface area contributed by atoms with Crippen LogP contribution in [0.2, 0.25) is 0 Å². The van der Waals surface area contributed by atoms with E-state index >= 15 is 0 Å². The average molecular weight is 707 g/mol. The smallest absolute Gasteiger partial charge is 0.362 e. The number of aliphatic carboxylic acids is 1. The molecule has 0 aromatic rings. The maximum atomic E-state index is 12.6. The van der Waals surface area contributed by atoms with Crippen molar-refractivity contribution in [2.24, 2.45) is 0 Å². The molecule has 0 heterocycles. The topological polar surface area (TPSA) is 99.1 Å². The molecule has 0 fully saturated rings. The van der Waals surface area contributed by atoms with Crippen molar-refractivity contribution >= 4 is 17.9 Å². The number of carboxylic acid groups (broad SMARTS) is 1. The molecule has 0 saturated carbocycles. The predicted molar refractivity (Wildman–Crippen MR) is 206 cm³/mol.